The smallest absolute Gasteiger partial charge is 0.0659 e. The van der Waals surface area contributed by atoms with Gasteiger partial charge in [-0.25, -0.2) is 0 Å². The van der Waals surface area contributed by atoms with E-state index >= 15 is 0 Å². The number of fused-ring (bicyclic) bond motifs is 1. The lowest BCUT2D eigenvalue weighted by Gasteiger charge is -2.19. The number of hydrogen-bond donors (Lipinski definition) is 1. The van der Waals surface area contributed by atoms with Crippen LogP contribution in [0, 0.1) is 5.92 Å². The Morgan fingerprint density at radius 1 is 1.60 bits per heavy atom. The highest BCUT2D eigenvalue weighted by atomic mass is 15.3. The monoisotopic (exact) mass is 207 g/mol. The Morgan fingerprint density at radius 2 is 2.40 bits per heavy atom. The van der Waals surface area contributed by atoms with Gasteiger partial charge in [0.2, 0.25) is 0 Å². The van der Waals surface area contributed by atoms with E-state index in [-0.39, 0.29) is 0 Å². The summed E-state index contributed by atoms with van der Waals surface area (Å²) >= 11 is 0. The van der Waals surface area contributed by atoms with Gasteiger partial charge in [0.05, 0.1) is 5.69 Å². The second kappa shape index (κ2) is 4.35. The van der Waals surface area contributed by atoms with Gasteiger partial charge in [-0.1, -0.05) is 0 Å². The molecule has 1 aliphatic rings. The van der Waals surface area contributed by atoms with Crippen LogP contribution in [-0.2, 0) is 12.8 Å². The maximum absolute atomic E-state index is 5.61. The lowest BCUT2D eigenvalue weighted by molar-refractivity contribution is 0.425. The maximum Gasteiger partial charge on any atom is 0.0659 e. The van der Waals surface area contributed by atoms with Gasteiger partial charge in [0.1, 0.15) is 0 Å². The van der Waals surface area contributed by atoms with Gasteiger partial charge in [0.15, 0.2) is 0 Å². The molecule has 1 unspecified atom stereocenters. The summed E-state index contributed by atoms with van der Waals surface area (Å²) < 4.78 is 2.09. The van der Waals surface area contributed by atoms with E-state index in [9.17, 15) is 0 Å². The fraction of sp³-hybridized carbons (Fsp3) is 0.750. The van der Waals surface area contributed by atoms with E-state index in [1.807, 2.05) is 0 Å². The largest absolute Gasteiger partial charge is 0.330 e. The summed E-state index contributed by atoms with van der Waals surface area (Å²) in [4.78, 5) is 0. The Kier molecular flexibility index (Phi) is 3.10. The number of hydrogen-bond acceptors (Lipinski definition) is 2. The van der Waals surface area contributed by atoms with Gasteiger partial charge in [-0.15, -0.1) is 0 Å². The molecule has 0 fully saturated rings. The van der Waals surface area contributed by atoms with Gasteiger partial charge < -0.3 is 5.73 Å². The van der Waals surface area contributed by atoms with Crippen molar-refractivity contribution >= 4 is 0 Å². The van der Waals surface area contributed by atoms with Crippen LogP contribution in [0.15, 0.2) is 6.20 Å². The normalized spacial score (nSPS) is 20.7. The molecule has 2 rings (SSSR count). The van der Waals surface area contributed by atoms with Crippen LogP contribution >= 0.6 is 0 Å². The highest BCUT2D eigenvalue weighted by Gasteiger charge is 2.21. The van der Waals surface area contributed by atoms with Crippen LogP contribution in [0.1, 0.15) is 44.0 Å². The van der Waals surface area contributed by atoms with Crippen molar-refractivity contribution in [2.45, 2.75) is 45.6 Å². The van der Waals surface area contributed by atoms with Crippen molar-refractivity contribution in [3.05, 3.63) is 17.5 Å². The van der Waals surface area contributed by atoms with Crippen molar-refractivity contribution in [3.8, 4) is 0 Å². The second-order valence-corrected chi connectivity index (χ2v) is 4.86. The van der Waals surface area contributed by atoms with Crippen molar-refractivity contribution in [1.29, 1.82) is 0 Å². The van der Waals surface area contributed by atoms with Gasteiger partial charge in [-0.3, -0.25) is 4.68 Å². The predicted octanol–water partition coefficient (Wildman–Crippen LogP) is 1.92. The molecule has 0 radical (unpaired) electrons. The molecule has 0 aliphatic heterocycles. The van der Waals surface area contributed by atoms with Crippen molar-refractivity contribution in [3.63, 3.8) is 0 Å². The number of aryl methyl sites for hydroxylation is 1. The first-order chi connectivity index (χ1) is 7.20. The van der Waals surface area contributed by atoms with E-state index in [2.05, 4.69) is 29.8 Å². The van der Waals surface area contributed by atoms with Gasteiger partial charge in [0, 0.05) is 12.2 Å². The van der Waals surface area contributed by atoms with E-state index in [4.69, 9.17) is 5.73 Å². The fourth-order valence-corrected chi connectivity index (χ4v) is 2.33. The molecule has 15 heavy (non-hydrogen) atoms. The third kappa shape index (κ3) is 2.23. The number of rotatable bonds is 3. The van der Waals surface area contributed by atoms with Crippen LogP contribution < -0.4 is 5.73 Å². The Labute approximate surface area is 91.7 Å². The highest BCUT2D eigenvalue weighted by molar-refractivity contribution is 5.21. The molecule has 84 valence electrons. The summed E-state index contributed by atoms with van der Waals surface area (Å²) in [7, 11) is 0. The zero-order valence-corrected chi connectivity index (χ0v) is 9.74. The number of aromatic nitrogens is 2. The van der Waals surface area contributed by atoms with Gasteiger partial charge in [0.25, 0.3) is 0 Å². The fourth-order valence-electron chi connectivity index (χ4n) is 2.33. The van der Waals surface area contributed by atoms with Gasteiger partial charge in [-0.2, -0.15) is 5.10 Å². The van der Waals surface area contributed by atoms with Crippen LogP contribution in [0.5, 0.6) is 0 Å². The van der Waals surface area contributed by atoms with Crippen molar-refractivity contribution in [2.75, 3.05) is 6.54 Å². The minimum absolute atomic E-state index is 0.476. The standard InChI is InChI=1S/C12H21N3/c1-9(2)15-8-11-4-3-10(5-6-13)7-12(11)14-15/h8-10H,3-7,13H2,1-2H3. The lowest BCUT2D eigenvalue weighted by Crippen LogP contribution is -2.17. The summed E-state index contributed by atoms with van der Waals surface area (Å²) in [5.41, 5.74) is 8.38. The molecule has 3 nitrogen and oxygen atoms in total. The van der Waals surface area contributed by atoms with E-state index in [1.54, 1.807) is 0 Å². The quantitative estimate of drug-likeness (QED) is 0.823. The minimum atomic E-state index is 0.476. The average Bonchev–Trinajstić information content (AvgIpc) is 2.61. The second-order valence-electron chi connectivity index (χ2n) is 4.86. The molecule has 0 spiro atoms. The molecule has 1 atom stereocenters. The predicted molar refractivity (Wildman–Crippen MR) is 61.8 cm³/mol. The summed E-state index contributed by atoms with van der Waals surface area (Å²) in [6, 6.07) is 0.476. The zero-order valence-electron chi connectivity index (χ0n) is 9.74. The lowest BCUT2D eigenvalue weighted by atomic mass is 9.86. The van der Waals surface area contributed by atoms with E-state index in [0.717, 1.165) is 25.3 Å². The van der Waals surface area contributed by atoms with Crippen molar-refractivity contribution in [2.24, 2.45) is 11.7 Å². The topological polar surface area (TPSA) is 43.8 Å². The Morgan fingerprint density at radius 3 is 3.07 bits per heavy atom. The Balaban J connectivity index is 2.12. The van der Waals surface area contributed by atoms with Gasteiger partial charge >= 0.3 is 0 Å². The molecule has 0 amide bonds. The third-order valence-electron chi connectivity index (χ3n) is 3.30. The molecule has 2 N–H and O–H groups in total. The van der Waals surface area contributed by atoms with Crippen molar-refractivity contribution in [1.82, 2.24) is 9.78 Å². The first kappa shape index (κ1) is 10.7. The van der Waals surface area contributed by atoms with Gasteiger partial charge in [-0.05, 0) is 57.6 Å². The molecule has 3 heteroatoms. The van der Waals surface area contributed by atoms with Crippen LogP contribution in [-0.4, -0.2) is 16.3 Å². The molecule has 1 aromatic rings. The molecular weight excluding hydrogens is 186 g/mol. The van der Waals surface area contributed by atoms with Crippen LogP contribution in [0.4, 0.5) is 0 Å². The molecule has 0 bridgehead atoms. The third-order valence-corrected chi connectivity index (χ3v) is 3.30. The molecule has 1 aromatic heterocycles. The maximum atomic E-state index is 5.61. The molecular formula is C12H21N3. The van der Waals surface area contributed by atoms with Crippen LogP contribution in [0.3, 0.4) is 0 Å². The first-order valence-electron chi connectivity index (χ1n) is 5.97. The summed E-state index contributed by atoms with van der Waals surface area (Å²) in [6.45, 7) is 5.16. The summed E-state index contributed by atoms with van der Waals surface area (Å²) in [6.07, 6.45) is 6.97. The van der Waals surface area contributed by atoms with Crippen molar-refractivity contribution < 1.29 is 0 Å². The SMILES string of the molecule is CC(C)n1cc2c(n1)CC(CCN)CC2. The highest BCUT2D eigenvalue weighted by Crippen LogP contribution is 2.27. The van der Waals surface area contributed by atoms with E-state index in [1.165, 1.54) is 24.1 Å². The molecule has 1 heterocycles. The number of nitrogens with zero attached hydrogens (tertiary/aromatic N) is 2. The molecule has 1 aliphatic carbocycles. The van der Waals surface area contributed by atoms with Crippen LogP contribution in [0.25, 0.3) is 0 Å². The summed E-state index contributed by atoms with van der Waals surface area (Å²) in [5.74, 6) is 0.762. The van der Waals surface area contributed by atoms with E-state index < -0.39 is 0 Å². The number of nitrogens with two attached hydrogens (primary N) is 1. The first-order valence-corrected chi connectivity index (χ1v) is 5.97. The molecule has 0 saturated heterocycles. The molecule has 0 aromatic carbocycles. The van der Waals surface area contributed by atoms with Crippen LogP contribution in [0.2, 0.25) is 0 Å². The zero-order chi connectivity index (χ0) is 10.8. The Bertz CT molecular complexity index is 328. The molecule has 0 saturated carbocycles. The Hall–Kier alpha value is -0.830. The minimum Gasteiger partial charge on any atom is -0.330 e. The average molecular weight is 207 g/mol. The summed E-state index contributed by atoms with van der Waals surface area (Å²) in [5, 5.41) is 4.66. The van der Waals surface area contributed by atoms with E-state index in [0.29, 0.717) is 6.04 Å².